The zero-order chi connectivity index (χ0) is 22.6. The second kappa shape index (κ2) is 9.38. The van der Waals surface area contributed by atoms with E-state index in [-0.39, 0.29) is 12.5 Å². The van der Waals surface area contributed by atoms with Gasteiger partial charge >= 0.3 is 0 Å². The number of aromatic nitrogens is 2. The Kier molecular flexibility index (Phi) is 5.99. The molecule has 2 unspecified atom stereocenters. The summed E-state index contributed by atoms with van der Waals surface area (Å²) < 4.78 is 17.4. The molecule has 0 radical (unpaired) electrons. The number of carbonyl (C=O) groups is 1. The van der Waals surface area contributed by atoms with Gasteiger partial charge in [-0.2, -0.15) is 0 Å². The fourth-order valence-electron chi connectivity index (χ4n) is 3.44. The van der Waals surface area contributed by atoms with E-state index >= 15 is 0 Å². The Morgan fingerprint density at radius 3 is 2.55 bits per heavy atom. The molecule has 1 aliphatic rings. The van der Waals surface area contributed by atoms with E-state index in [1.54, 1.807) is 6.92 Å². The first-order valence-corrected chi connectivity index (χ1v) is 11.4. The van der Waals surface area contributed by atoms with Gasteiger partial charge in [-0.1, -0.05) is 72.4 Å². The molecule has 0 saturated heterocycles. The molecule has 0 spiro atoms. The van der Waals surface area contributed by atoms with Gasteiger partial charge in [-0.05, 0) is 30.7 Å². The molecule has 4 aromatic rings. The van der Waals surface area contributed by atoms with Crippen molar-refractivity contribution in [3.8, 4) is 22.6 Å². The first kappa shape index (κ1) is 21.1. The fourth-order valence-corrected chi connectivity index (χ4v) is 4.13. The number of hydrogen-bond donors (Lipinski definition) is 1. The summed E-state index contributed by atoms with van der Waals surface area (Å²) in [6.07, 6.45) is -0.497. The van der Waals surface area contributed by atoms with Crippen molar-refractivity contribution in [3.05, 3.63) is 84.8 Å². The highest BCUT2D eigenvalue weighted by molar-refractivity contribution is 8.00. The van der Waals surface area contributed by atoms with Crippen molar-refractivity contribution in [2.75, 3.05) is 11.9 Å². The quantitative estimate of drug-likeness (QED) is 0.388. The summed E-state index contributed by atoms with van der Waals surface area (Å²) in [7, 11) is 0. The number of hydrogen-bond acceptors (Lipinski definition) is 7. The van der Waals surface area contributed by atoms with Crippen LogP contribution in [0.4, 0.5) is 5.69 Å². The smallest absolute Gasteiger partial charge is 0.277 e. The van der Waals surface area contributed by atoms with Crippen molar-refractivity contribution >= 4 is 23.4 Å². The number of fused-ring (bicyclic) bond motifs is 1. The van der Waals surface area contributed by atoms with Gasteiger partial charge in [-0.3, -0.25) is 4.79 Å². The van der Waals surface area contributed by atoms with Crippen molar-refractivity contribution < 1.29 is 18.7 Å². The average molecular weight is 460 g/mol. The number of thioether (sulfide) groups is 1. The molecule has 0 fully saturated rings. The van der Waals surface area contributed by atoms with Crippen LogP contribution in [-0.4, -0.2) is 28.0 Å². The Hall–Kier alpha value is -3.78. The second-order valence-corrected chi connectivity index (χ2v) is 8.72. The summed E-state index contributed by atoms with van der Waals surface area (Å²) >= 11 is 1.19. The van der Waals surface area contributed by atoms with Gasteiger partial charge in [0.25, 0.3) is 11.1 Å². The standard InChI is InChI=1S/C25H21N3O4S/c1-16(23(29)26-19-12-6-5-11-18(19)17-9-3-2-4-10-17)33-25-28-27-24(32-25)22-15-30-20-13-7-8-14-21(20)31-22/h2-14,16,22H,15H2,1H3,(H,26,29). The molecule has 2 heterocycles. The Morgan fingerprint density at radius 1 is 0.970 bits per heavy atom. The third-order valence-corrected chi connectivity index (χ3v) is 6.06. The van der Waals surface area contributed by atoms with Crippen molar-refractivity contribution in [2.45, 2.75) is 23.5 Å². The van der Waals surface area contributed by atoms with Gasteiger partial charge in [0.2, 0.25) is 12.0 Å². The summed E-state index contributed by atoms with van der Waals surface area (Å²) in [4.78, 5) is 12.9. The number of carbonyl (C=O) groups excluding carboxylic acids is 1. The van der Waals surface area contributed by atoms with Crippen LogP contribution in [0, 0.1) is 0 Å². The molecule has 0 aliphatic carbocycles. The summed E-state index contributed by atoms with van der Waals surface area (Å²) in [6.45, 7) is 2.07. The van der Waals surface area contributed by atoms with E-state index in [4.69, 9.17) is 13.9 Å². The Morgan fingerprint density at radius 2 is 1.70 bits per heavy atom. The third kappa shape index (κ3) is 4.70. The van der Waals surface area contributed by atoms with E-state index in [0.29, 0.717) is 22.6 Å². The molecule has 166 valence electrons. The maximum Gasteiger partial charge on any atom is 0.277 e. The van der Waals surface area contributed by atoms with Crippen molar-refractivity contribution in [3.63, 3.8) is 0 Å². The van der Waals surface area contributed by atoms with E-state index in [1.165, 1.54) is 11.8 Å². The molecule has 1 aromatic heterocycles. The molecule has 1 amide bonds. The van der Waals surface area contributed by atoms with Crippen LogP contribution in [-0.2, 0) is 4.79 Å². The van der Waals surface area contributed by atoms with Gasteiger partial charge in [0.05, 0.1) is 5.25 Å². The predicted molar refractivity (Wildman–Crippen MR) is 125 cm³/mol. The zero-order valence-corrected chi connectivity index (χ0v) is 18.6. The molecule has 1 N–H and O–H groups in total. The fraction of sp³-hybridized carbons (Fsp3) is 0.160. The number of para-hydroxylation sites is 3. The number of nitrogens with one attached hydrogen (secondary N) is 1. The summed E-state index contributed by atoms with van der Waals surface area (Å²) in [5.41, 5.74) is 2.74. The van der Waals surface area contributed by atoms with Crippen molar-refractivity contribution in [2.24, 2.45) is 0 Å². The van der Waals surface area contributed by atoms with Crippen LogP contribution in [0.15, 0.2) is 88.5 Å². The SMILES string of the molecule is CC(Sc1nnc(C2COc3ccccc3O2)o1)C(=O)Nc1ccccc1-c1ccccc1. The molecule has 2 atom stereocenters. The minimum Gasteiger partial charge on any atom is -0.485 e. The zero-order valence-electron chi connectivity index (χ0n) is 17.8. The number of nitrogens with zero attached hydrogens (tertiary/aromatic N) is 2. The largest absolute Gasteiger partial charge is 0.485 e. The Labute approximate surface area is 195 Å². The van der Waals surface area contributed by atoms with E-state index in [1.807, 2.05) is 78.9 Å². The third-order valence-electron chi connectivity index (χ3n) is 5.12. The van der Waals surface area contributed by atoms with Crippen LogP contribution in [0.3, 0.4) is 0 Å². The highest BCUT2D eigenvalue weighted by atomic mass is 32.2. The Bertz CT molecular complexity index is 1260. The van der Waals surface area contributed by atoms with Crippen LogP contribution in [0.1, 0.15) is 18.9 Å². The van der Waals surface area contributed by atoms with Crippen molar-refractivity contribution in [1.82, 2.24) is 10.2 Å². The van der Waals surface area contributed by atoms with Gasteiger partial charge < -0.3 is 19.2 Å². The first-order valence-electron chi connectivity index (χ1n) is 10.5. The van der Waals surface area contributed by atoms with Crippen LogP contribution in [0.5, 0.6) is 11.5 Å². The van der Waals surface area contributed by atoms with Gasteiger partial charge in [0.15, 0.2) is 11.5 Å². The molecule has 33 heavy (non-hydrogen) atoms. The first-order chi connectivity index (χ1) is 16.2. The van der Waals surface area contributed by atoms with Crippen LogP contribution in [0.2, 0.25) is 0 Å². The maximum absolute atomic E-state index is 12.9. The average Bonchev–Trinajstić information content (AvgIpc) is 3.33. The van der Waals surface area contributed by atoms with E-state index in [9.17, 15) is 4.79 Å². The van der Waals surface area contributed by atoms with Crippen LogP contribution < -0.4 is 14.8 Å². The molecule has 0 saturated carbocycles. The lowest BCUT2D eigenvalue weighted by atomic mass is 10.0. The van der Waals surface area contributed by atoms with Crippen LogP contribution in [0.25, 0.3) is 11.1 Å². The van der Waals surface area contributed by atoms with Gasteiger partial charge in [0.1, 0.15) is 6.61 Å². The van der Waals surface area contributed by atoms with E-state index < -0.39 is 11.4 Å². The lowest BCUT2D eigenvalue weighted by molar-refractivity contribution is -0.115. The number of benzene rings is 3. The molecular formula is C25H21N3O4S. The van der Waals surface area contributed by atoms with Gasteiger partial charge in [-0.25, -0.2) is 0 Å². The van der Waals surface area contributed by atoms with Crippen LogP contribution >= 0.6 is 11.8 Å². The lowest BCUT2D eigenvalue weighted by Crippen LogP contribution is -2.22. The Balaban J connectivity index is 1.24. The predicted octanol–water partition coefficient (Wildman–Crippen LogP) is 5.37. The molecule has 0 bridgehead atoms. The highest BCUT2D eigenvalue weighted by Gasteiger charge is 2.28. The van der Waals surface area contributed by atoms with E-state index in [2.05, 4.69) is 15.5 Å². The van der Waals surface area contributed by atoms with Crippen molar-refractivity contribution in [1.29, 1.82) is 0 Å². The highest BCUT2D eigenvalue weighted by Crippen LogP contribution is 2.36. The minimum atomic E-state index is -0.497. The van der Waals surface area contributed by atoms with E-state index in [0.717, 1.165) is 16.8 Å². The minimum absolute atomic E-state index is 0.158. The number of anilines is 1. The number of amides is 1. The molecule has 7 nitrogen and oxygen atoms in total. The second-order valence-electron chi connectivity index (χ2n) is 7.43. The summed E-state index contributed by atoms with van der Waals surface area (Å²) in [5, 5.41) is 11.0. The molecular weight excluding hydrogens is 438 g/mol. The lowest BCUT2D eigenvalue weighted by Gasteiger charge is -2.23. The number of rotatable bonds is 6. The monoisotopic (exact) mass is 459 g/mol. The summed E-state index contributed by atoms with van der Waals surface area (Å²) in [6, 6.07) is 25.1. The molecule has 3 aromatic carbocycles. The number of ether oxygens (including phenoxy) is 2. The summed E-state index contributed by atoms with van der Waals surface area (Å²) in [5.74, 6) is 1.47. The van der Waals surface area contributed by atoms with Gasteiger partial charge in [0, 0.05) is 11.3 Å². The van der Waals surface area contributed by atoms with Gasteiger partial charge in [-0.15, -0.1) is 10.2 Å². The molecule has 8 heteroatoms. The maximum atomic E-state index is 12.9. The topological polar surface area (TPSA) is 86.5 Å². The normalized spacial score (nSPS) is 15.6. The molecule has 1 aliphatic heterocycles. The molecule has 5 rings (SSSR count).